The zero-order valence-electron chi connectivity index (χ0n) is 11.8. The van der Waals surface area contributed by atoms with E-state index in [-0.39, 0.29) is 17.8 Å². The van der Waals surface area contributed by atoms with Gasteiger partial charge in [-0.25, -0.2) is 4.79 Å². The van der Waals surface area contributed by atoms with Gasteiger partial charge in [-0.05, 0) is 44.1 Å². The Morgan fingerprint density at radius 3 is 2.80 bits per heavy atom. The Morgan fingerprint density at radius 1 is 1.40 bits per heavy atom. The molecule has 1 aromatic heterocycles. The molecule has 0 bridgehead atoms. The van der Waals surface area contributed by atoms with Crippen molar-refractivity contribution < 1.29 is 14.3 Å². The first-order valence-corrected chi connectivity index (χ1v) is 8.06. The van der Waals surface area contributed by atoms with E-state index in [2.05, 4.69) is 12.2 Å². The molecule has 5 heteroatoms. The Morgan fingerprint density at radius 2 is 2.15 bits per heavy atom. The number of ether oxygens (including phenoxy) is 1. The summed E-state index contributed by atoms with van der Waals surface area (Å²) in [5.41, 5.74) is 1.69. The summed E-state index contributed by atoms with van der Waals surface area (Å²) in [5, 5.41) is 3.64. The number of thiophene rings is 1. The first-order chi connectivity index (χ1) is 9.61. The molecule has 1 amide bonds. The number of aryl methyl sites for hydroxylation is 1. The summed E-state index contributed by atoms with van der Waals surface area (Å²) in [4.78, 5) is 25.5. The fourth-order valence-corrected chi connectivity index (χ4v) is 4.08. The second-order valence-electron chi connectivity index (χ2n) is 5.59. The van der Waals surface area contributed by atoms with Crippen LogP contribution in [0.25, 0.3) is 0 Å². The molecular weight excluding hydrogens is 274 g/mol. The summed E-state index contributed by atoms with van der Waals surface area (Å²) in [6, 6.07) is 0. The number of amides is 1. The molecule has 20 heavy (non-hydrogen) atoms. The highest BCUT2D eigenvalue weighted by Crippen LogP contribution is 2.42. The molecule has 1 fully saturated rings. The Balaban J connectivity index is 1.86. The number of fused-ring (bicyclic) bond motifs is 1. The lowest BCUT2D eigenvalue weighted by Gasteiger charge is -2.07. The predicted octanol–water partition coefficient (Wildman–Crippen LogP) is 3.01. The summed E-state index contributed by atoms with van der Waals surface area (Å²) >= 11 is 1.54. The Labute approximate surface area is 122 Å². The smallest absolute Gasteiger partial charge is 0.341 e. The molecule has 4 nitrogen and oxygen atoms in total. The van der Waals surface area contributed by atoms with E-state index in [1.807, 2.05) is 0 Å². The minimum absolute atomic E-state index is 0.0444. The van der Waals surface area contributed by atoms with E-state index in [1.165, 1.54) is 4.88 Å². The molecule has 1 saturated carbocycles. The maximum Gasteiger partial charge on any atom is 0.341 e. The first kappa shape index (κ1) is 13.6. The summed E-state index contributed by atoms with van der Waals surface area (Å²) in [6.07, 6.45) is 3.95. The molecule has 2 atom stereocenters. The molecule has 3 rings (SSSR count). The average molecular weight is 293 g/mol. The van der Waals surface area contributed by atoms with Gasteiger partial charge in [0.05, 0.1) is 12.2 Å². The van der Waals surface area contributed by atoms with Crippen molar-refractivity contribution in [3.8, 4) is 0 Å². The van der Waals surface area contributed by atoms with Gasteiger partial charge in [-0.15, -0.1) is 11.3 Å². The van der Waals surface area contributed by atoms with Crippen LogP contribution in [0.5, 0.6) is 0 Å². The lowest BCUT2D eigenvalue weighted by Crippen LogP contribution is -2.17. The number of hydrogen-bond donors (Lipinski definition) is 1. The second-order valence-corrected chi connectivity index (χ2v) is 6.70. The first-order valence-electron chi connectivity index (χ1n) is 7.24. The predicted molar refractivity (Wildman–Crippen MR) is 78.2 cm³/mol. The number of rotatable bonds is 4. The van der Waals surface area contributed by atoms with Gasteiger partial charge in [0.2, 0.25) is 5.91 Å². The lowest BCUT2D eigenvalue weighted by molar-refractivity contribution is -0.117. The van der Waals surface area contributed by atoms with Crippen molar-refractivity contribution in [2.45, 2.75) is 39.5 Å². The van der Waals surface area contributed by atoms with Gasteiger partial charge in [-0.2, -0.15) is 0 Å². The molecule has 0 radical (unpaired) electrons. The molecular formula is C15H19NO3S. The van der Waals surface area contributed by atoms with Crippen molar-refractivity contribution in [2.75, 3.05) is 11.9 Å². The number of carbonyl (C=O) groups excluding carboxylic acids is 2. The van der Waals surface area contributed by atoms with Crippen LogP contribution >= 0.6 is 11.3 Å². The molecule has 1 heterocycles. The van der Waals surface area contributed by atoms with Gasteiger partial charge < -0.3 is 10.1 Å². The third-order valence-electron chi connectivity index (χ3n) is 4.08. The quantitative estimate of drug-likeness (QED) is 0.868. The second kappa shape index (κ2) is 5.20. The number of hydrogen-bond acceptors (Lipinski definition) is 4. The molecule has 1 aromatic rings. The van der Waals surface area contributed by atoms with Crippen LogP contribution in [0, 0.1) is 11.8 Å². The number of esters is 1. The van der Waals surface area contributed by atoms with Gasteiger partial charge >= 0.3 is 5.97 Å². The topological polar surface area (TPSA) is 55.4 Å². The van der Waals surface area contributed by atoms with Crippen molar-refractivity contribution in [1.29, 1.82) is 0 Å². The molecule has 0 spiro atoms. The van der Waals surface area contributed by atoms with E-state index in [0.717, 1.165) is 31.2 Å². The number of nitrogens with one attached hydrogen (secondary N) is 1. The minimum atomic E-state index is -0.300. The maximum absolute atomic E-state index is 12.2. The van der Waals surface area contributed by atoms with Crippen LogP contribution in [0.15, 0.2) is 0 Å². The normalized spacial score (nSPS) is 23.3. The molecule has 0 saturated heterocycles. The van der Waals surface area contributed by atoms with Crippen LogP contribution in [0.4, 0.5) is 5.00 Å². The van der Waals surface area contributed by atoms with Crippen molar-refractivity contribution in [3.05, 3.63) is 16.0 Å². The molecule has 2 aliphatic carbocycles. The standard InChI is InChI=1S/C15H19NO3S/c1-3-19-15(18)12-9-5-4-6-11(9)20-14(12)16-13(17)10-7-8(10)2/h8,10H,3-7H2,1-2H3,(H,16,17)/t8-,10+/m0/s1. The largest absolute Gasteiger partial charge is 0.462 e. The Bertz CT molecular complexity index is 564. The van der Waals surface area contributed by atoms with E-state index in [4.69, 9.17) is 4.74 Å². The van der Waals surface area contributed by atoms with E-state index >= 15 is 0 Å². The SMILES string of the molecule is CCOC(=O)c1c(NC(=O)[C@@H]2C[C@@H]2C)sc2c1CCC2. The molecule has 1 N–H and O–H groups in total. The highest BCUT2D eigenvalue weighted by molar-refractivity contribution is 7.17. The van der Waals surface area contributed by atoms with Crippen molar-refractivity contribution in [1.82, 2.24) is 0 Å². The van der Waals surface area contributed by atoms with Crippen molar-refractivity contribution in [3.63, 3.8) is 0 Å². The summed E-state index contributed by atoms with van der Waals surface area (Å²) in [5.74, 6) is 0.323. The van der Waals surface area contributed by atoms with Gasteiger partial charge in [-0.3, -0.25) is 4.79 Å². The number of carbonyl (C=O) groups is 2. The van der Waals surface area contributed by atoms with Gasteiger partial charge in [0, 0.05) is 10.8 Å². The highest BCUT2D eigenvalue weighted by Gasteiger charge is 2.40. The van der Waals surface area contributed by atoms with Gasteiger partial charge in [0.25, 0.3) is 0 Å². The van der Waals surface area contributed by atoms with Crippen LogP contribution < -0.4 is 5.32 Å². The third kappa shape index (κ3) is 2.35. The summed E-state index contributed by atoms with van der Waals surface area (Å²) < 4.78 is 5.15. The van der Waals surface area contributed by atoms with Gasteiger partial charge in [0.15, 0.2) is 0 Å². The van der Waals surface area contributed by atoms with E-state index in [0.29, 0.717) is 23.1 Å². The molecule has 0 unspecified atom stereocenters. The summed E-state index contributed by atoms with van der Waals surface area (Å²) in [6.45, 7) is 4.23. The average Bonchev–Trinajstić information content (AvgIpc) is 2.82. The van der Waals surface area contributed by atoms with E-state index < -0.39 is 0 Å². The lowest BCUT2D eigenvalue weighted by atomic mass is 10.1. The molecule has 108 valence electrons. The zero-order chi connectivity index (χ0) is 14.3. The number of anilines is 1. The highest BCUT2D eigenvalue weighted by atomic mass is 32.1. The molecule has 0 aromatic carbocycles. The molecule has 0 aliphatic heterocycles. The van der Waals surface area contributed by atoms with Crippen LogP contribution in [0.2, 0.25) is 0 Å². The van der Waals surface area contributed by atoms with Crippen LogP contribution in [-0.2, 0) is 22.4 Å². The van der Waals surface area contributed by atoms with Crippen LogP contribution in [-0.4, -0.2) is 18.5 Å². The van der Waals surface area contributed by atoms with Crippen LogP contribution in [0.1, 0.15) is 47.5 Å². The van der Waals surface area contributed by atoms with Gasteiger partial charge in [-0.1, -0.05) is 6.92 Å². The Kier molecular flexibility index (Phi) is 3.54. The fourth-order valence-electron chi connectivity index (χ4n) is 2.80. The fraction of sp³-hybridized carbons (Fsp3) is 0.600. The minimum Gasteiger partial charge on any atom is -0.462 e. The summed E-state index contributed by atoms with van der Waals surface area (Å²) in [7, 11) is 0. The maximum atomic E-state index is 12.2. The van der Waals surface area contributed by atoms with E-state index in [1.54, 1.807) is 18.3 Å². The monoisotopic (exact) mass is 293 g/mol. The van der Waals surface area contributed by atoms with Crippen molar-refractivity contribution in [2.24, 2.45) is 11.8 Å². The third-order valence-corrected chi connectivity index (χ3v) is 5.29. The van der Waals surface area contributed by atoms with Gasteiger partial charge in [0.1, 0.15) is 5.00 Å². The van der Waals surface area contributed by atoms with Crippen LogP contribution in [0.3, 0.4) is 0 Å². The molecule has 2 aliphatic rings. The Hall–Kier alpha value is -1.36. The zero-order valence-corrected chi connectivity index (χ0v) is 12.6. The van der Waals surface area contributed by atoms with E-state index in [9.17, 15) is 9.59 Å². The van der Waals surface area contributed by atoms with Crippen molar-refractivity contribution >= 4 is 28.2 Å².